The molecule has 134 valence electrons. The molecule has 0 radical (unpaired) electrons. The fraction of sp³-hybridized carbons (Fsp3) is 0.238. The van der Waals surface area contributed by atoms with Crippen molar-refractivity contribution in [2.45, 2.75) is 25.4 Å². The van der Waals surface area contributed by atoms with E-state index in [1.807, 2.05) is 42.5 Å². The molecule has 1 unspecified atom stereocenters. The van der Waals surface area contributed by atoms with Gasteiger partial charge in [0, 0.05) is 24.5 Å². The van der Waals surface area contributed by atoms with Gasteiger partial charge in [-0.15, -0.1) is 0 Å². The minimum Gasteiger partial charge on any atom is -0.337 e. The number of nitrogens with zero attached hydrogens (tertiary/aromatic N) is 5. The molecular formula is C21H19N5O. The van der Waals surface area contributed by atoms with Crippen LogP contribution in [-0.4, -0.2) is 31.6 Å². The summed E-state index contributed by atoms with van der Waals surface area (Å²) in [5.41, 5.74) is 4.03. The van der Waals surface area contributed by atoms with E-state index in [1.165, 1.54) is 5.56 Å². The van der Waals surface area contributed by atoms with E-state index in [9.17, 15) is 0 Å². The van der Waals surface area contributed by atoms with E-state index in [4.69, 9.17) is 4.52 Å². The zero-order valence-corrected chi connectivity index (χ0v) is 14.8. The summed E-state index contributed by atoms with van der Waals surface area (Å²) >= 11 is 0. The SMILES string of the molecule is c1ccc(-c2noc(C3CCCN3Cc3cccc4nccnc34)n2)cc1. The van der Waals surface area contributed by atoms with Crippen LogP contribution in [0.2, 0.25) is 0 Å². The second-order valence-corrected chi connectivity index (χ2v) is 6.79. The maximum absolute atomic E-state index is 5.63. The van der Waals surface area contributed by atoms with E-state index >= 15 is 0 Å². The number of fused-ring (bicyclic) bond motifs is 1. The predicted molar refractivity (Wildman–Crippen MR) is 102 cm³/mol. The molecule has 2 aromatic heterocycles. The third-order valence-corrected chi connectivity index (χ3v) is 5.08. The van der Waals surface area contributed by atoms with E-state index in [2.05, 4.69) is 31.1 Å². The van der Waals surface area contributed by atoms with Crippen molar-refractivity contribution < 1.29 is 4.52 Å². The Bertz CT molecular complexity index is 1060. The van der Waals surface area contributed by atoms with Crippen LogP contribution in [-0.2, 0) is 6.54 Å². The molecule has 6 heteroatoms. The Hall–Kier alpha value is -3.12. The number of hydrogen-bond acceptors (Lipinski definition) is 6. The minimum atomic E-state index is 0.141. The second-order valence-electron chi connectivity index (χ2n) is 6.79. The zero-order chi connectivity index (χ0) is 18.1. The maximum Gasteiger partial charge on any atom is 0.244 e. The van der Waals surface area contributed by atoms with Gasteiger partial charge in [0.15, 0.2) is 0 Å². The standard InChI is InChI=1S/C21H19N5O/c1-2-6-15(7-3-1)20-24-21(27-25-20)18-10-5-13-26(18)14-16-8-4-9-17-19(16)23-12-11-22-17/h1-4,6-9,11-12,18H,5,10,13-14H2. The van der Waals surface area contributed by atoms with Gasteiger partial charge >= 0.3 is 0 Å². The Morgan fingerprint density at radius 1 is 1.00 bits per heavy atom. The monoisotopic (exact) mass is 357 g/mol. The third-order valence-electron chi connectivity index (χ3n) is 5.08. The van der Waals surface area contributed by atoms with E-state index in [0.29, 0.717) is 11.7 Å². The van der Waals surface area contributed by atoms with Crippen molar-refractivity contribution in [2.24, 2.45) is 0 Å². The summed E-state index contributed by atoms with van der Waals surface area (Å²) in [5.74, 6) is 1.34. The van der Waals surface area contributed by atoms with E-state index in [-0.39, 0.29) is 6.04 Å². The van der Waals surface area contributed by atoms with Crippen molar-refractivity contribution in [2.75, 3.05) is 6.54 Å². The molecule has 0 saturated carbocycles. The van der Waals surface area contributed by atoms with Crippen LogP contribution in [0, 0.1) is 0 Å². The average Bonchev–Trinajstić information content (AvgIpc) is 3.38. The minimum absolute atomic E-state index is 0.141. The predicted octanol–water partition coefficient (Wildman–Crippen LogP) is 4.02. The molecule has 27 heavy (non-hydrogen) atoms. The van der Waals surface area contributed by atoms with Gasteiger partial charge in [-0.2, -0.15) is 4.98 Å². The number of para-hydroxylation sites is 1. The van der Waals surface area contributed by atoms with Gasteiger partial charge in [0.1, 0.15) is 0 Å². The largest absolute Gasteiger partial charge is 0.337 e. The number of hydrogen-bond donors (Lipinski definition) is 0. The first-order valence-electron chi connectivity index (χ1n) is 9.20. The van der Waals surface area contributed by atoms with E-state index in [1.54, 1.807) is 12.4 Å². The quantitative estimate of drug-likeness (QED) is 0.549. The van der Waals surface area contributed by atoms with Gasteiger partial charge < -0.3 is 4.52 Å². The molecular weight excluding hydrogens is 338 g/mol. The lowest BCUT2D eigenvalue weighted by atomic mass is 10.1. The highest BCUT2D eigenvalue weighted by Crippen LogP contribution is 2.33. The Morgan fingerprint density at radius 3 is 2.81 bits per heavy atom. The number of rotatable bonds is 4. The normalized spacial score (nSPS) is 17.6. The Kier molecular flexibility index (Phi) is 4.10. The summed E-state index contributed by atoms with van der Waals surface area (Å²) < 4.78 is 5.63. The Labute approximate surface area is 156 Å². The van der Waals surface area contributed by atoms with Crippen molar-refractivity contribution in [1.82, 2.24) is 25.0 Å². The van der Waals surface area contributed by atoms with Crippen molar-refractivity contribution in [3.05, 3.63) is 72.4 Å². The van der Waals surface area contributed by atoms with Crippen molar-refractivity contribution >= 4 is 11.0 Å². The molecule has 3 heterocycles. The van der Waals surface area contributed by atoms with E-state index in [0.717, 1.165) is 42.5 Å². The Morgan fingerprint density at radius 2 is 1.89 bits per heavy atom. The lowest BCUT2D eigenvalue weighted by molar-refractivity contribution is 0.201. The smallest absolute Gasteiger partial charge is 0.244 e. The summed E-state index contributed by atoms with van der Waals surface area (Å²) in [5, 5.41) is 4.19. The lowest BCUT2D eigenvalue weighted by Crippen LogP contribution is -2.23. The van der Waals surface area contributed by atoms with Gasteiger partial charge in [0.25, 0.3) is 0 Å². The molecule has 6 nitrogen and oxygen atoms in total. The molecule has 2 aromatic carbocycles. The molecule has 1 aliphatic heterocycles. The molecule has 1 saturated heterocycles. The third kappa shape index (κ3) is 3.08. The summed E-state index contributed by atoms with van der Waals surface area (Å²) in [4.78, 5) is 16.0. The molecule has 1 atom stereocenters. The fourth-order valence-electron chi connectivity index (χ4n) is 3.77. The number of aromatic nitrogens is 4. The molecule has 0 aliphatic carbocycles. The molecule has 4 aromatic rings. The van der Waals surface area contributed by atoms with Crippen molar-refractivity contribution in [3.8, 4) is 11.4 Å². The highest BCUT2D eigenvalue weighted by Gasteiger charge is 2.31. The highest BCUT2D eigenvalue weighted by atomic mass is 16.5. The van der Waals surface area contributed by atoms with Crippen LogP contribution < -0.4 is 0 Å². The number of benzene rings is 2. The van der Waals surface area contributed by atoms with Crippen LogP contribution in [0.15, 0.2) is 65.4 Å². The van der Waals surface area contributed by atoms with Crippen LogP contribution in [0.3, 0.4) is 0 Å². The molecule has 1 aliphatic rings. The lowest BCUT2D eigenvalue weighted by Gasteiger charge is -2.21. The molecule has 0 amide bonds. The second kappa shape index (κ2) is 6.89. The van der Waals surface area contributed by atoms with Crippen molar-refractivity contribution in [1.29, 1.82) is 0 Å². The summed E-state index contributed by atoms with van der Waals surface area (Å²) in [7, 11) is 0. The summed E-state index contributed by atoms with van der Waals surface area (Å²) in [6.45, 7) is 1.80. The highest BCUT2D eigenvalue weighted by molar-refractivity contribution is 5.77. The van der Waals surface area contributed by atoms with Crippen LogP contribution in [0.4, 0.5) is 0 Å². The average molecular weight is 357 g/mol. The molecule has 5 rings (SSSR count). The first-order valence-corrected chi connectivity index (χ1v) is 9.20. The maximum atomic E-state index is 5.63. The van der Waals surface area contributed by atoms with Crippen molar-refractivity contribution in [3.63, 3.8) is 0 Å². The topological polar surface area (TPSA) is 67.9 Å². The van der Waals surface area contributed by atoms with Gasteiger partial charge in [-0.25, -0.2) is 0 Å². The van der Waals surface area contributed by atoms with Gasteiger partial charge in [0.05, 0.1) is 17.1 Å². The van der Waals surface area contributed by atoms with Crippen LogP contribution in [0.1, 0.15) is 30.3 Å². The van der Waals surface area contributed by atoms with E-state index < -0.39 is 0 Å². The van der Waals surface area contributed by atoms with Crippen LogP contribution in [0.25, 0.3) is 22.4 Å². The number of likely N-dealkylation sites (tertiary alicyclic amines) is 1. The van der Waals surface area contributed by atoms with Gasteiger partial charge in [0.2, 0.25) is 11.7 Å². The summed E-state index contributed by atoms with van der Waals surface area (Å²) in [6, 6.07) is 16.2. The first kappa shape index (κ1) is 16.1. The zero-order valence-electron chi connectivity index (χ0n) is 14.8. The van der Waals surface area contributed by atoms with Crippen LogP contribution >= 0.6 is 0 Å². The van der Waals surface area contributed by atoms with Gasteiger partial charge in [-0.1, -0.05) is 47.6 Å². The van der Waals surface area contributed by atoms with Crippen LogP contribution in [0.5, 0.6) is 0 Å². The molecule has 0 spiro atoms. The fourth-order valence-corrected chi connectivity index (χ4v) is 3.77. The van der Waals surface area contributed by atoms with Gasteiger partial charge in [-0.3, -0.25) is 14.9 Å². The molecule has 0 N–H and O–H groups in total. The van der Waals surface area contributed by atoms with Gasteiger partial charge in [-0.05, 0) is 31.0 Å². The summed E-state index contributed by atoms with van der Waals surface area (Å²) in [6.07, 6.45) is 5.61. The Balaban J connectivity index is 1.42. The molecule has 0 bridgehead atoms. The first-order chi connectivity index (χ1) is 13.4. The molecule has 1 fully saturated rings.